The lowest BCUT2D eigenvalue weighted by Gasteiger charge is -2.09. The molecular weight excluding hydrogens is 363 g/mol. The second-order valence-electron chi connectivity index (χ2n) is 3.78. The van der Waals surface area contributed by atoms with Gasteiger partial charge in [-0.25, -0.2) is 8.78 Å². The summed E-state index contributed by atoms with van der Waals surface area (Å²) in [5.74, 6) is -0.359. The molecule has 0 bridgehead atoms. The van der Waals surface area contributed by atoms with Gasteiger partial charge in [0.05, 0.1) is 0 Å². The van der Waals surface area contributed by atoms with E-state index in [-0.39, 0.29) is 24.0 Å². The zero-order valence-electron chi connectivity index (χ0n) is 11.2. The molecule has 0 aliphatic carbocycles. The van der Waals surface area contributed by atoms with Gasteiger partial charge in [-0.2, -0.15) is 0 Å². The van der Waals surface area contributed by atoms with E-state index >= 15 is 0 Å². The highest BCUT2D eigenvalue weighted by molar-refractivity contribution is 14.0. The SMILES string of the molecule is CCNC(=NCCc1ccc(F)cc1F)NCC.I. The molecule has 0 spiro atoms. The number of aliphatic imine (C=N–C) groups is 1. The molecule has 0 heterocycles. The van der Waals surface area contributed by atoms with Crippen LogP contribution in [0.5, 0.6) is 0 Å². The van der Waals surface area contributed by atoms with Crippen LogP contribution in [0.1, 0.15) is 19.4 Å². The van der Waals surface area contributed by atoms with Crippen molar-refractivity contribution in [3.05, 3.63) is 35.4 Å². The number of hydrogen-bond donors (Lipinski definition) is 2. The summed E-state index contributed by atoms with van der Waals surface area (Å²) in [4.78, 5) is 4.30. The predicted molar refractivity (Wildman–Crippen MR) is 85.1 cm³/mol. The van der Waals surface area contributed by atoms with Crippen molar-refractivity contribution in [2.24, 2.45) is 4.99 Å². The van der Waals surface area contributed by atoms with E-state index in [4.69, 9.17) is 0 Å². The molecule has 0 saturated carbocycles. The fourth-order valence-electron chi connectivity index (χ4n) is 1.52. The molecule has 19 heavy (non-hydrogen) atoms. The summed E-state index contributed by atoms with van der Waals surface area (Å²) in [6, 6.07) is 3.62. The first-order chi connectivity index (χ1) is 8.67. The highest BCUT2D eigenvalue weighted by Gasteiger charge is 2.03. The molecule has 0 aromatic heterocycles. The minimum Gasteiger partial charge on any atom is -0.357 e. The van der Waals surface area contributed by atoms with Crippen LogP contribution in [-0.2, 0) is 6.42 Å². The molecule has 0 fully saturated rings. The third-order valence-electron chi connectivity index (χ3n) is 2.35. The lowest BCUT2D eigenvalue weighted by atomic mass is 10.1. The van der Waals surface area contributed by atoms with Crippen LogP contribution in [0.15, 0.2) is 23.2 Å². The van der Waals surface area contributed by atoms with Crippen LogP contribution < -0.4 is 10.6 Å². The maximum absolute atomic E-state index is 13.4. The third-order valence-corrected chi connectivity index (χ3v) is 2.35. The van der Waals surface area contributed by atoms with Gasteiger partial charge in [0.1, 0.15) is 11.6 Å². The summed E-state index contributed by atoms with van der Waals surface area (Å²) >= 11 is 0. The Bertz CT molecular complexity index is 403. The fourth-order valence-corrected chi connectivity index (χ4v) is 1.52. The van der Waals surface area contributed by atoms with Gasteiger partial charge in [-0.1, -0.05) is 6.07 Å². The maximum Gasteiger partial charge on any atom is 0.191 e. The third kappa shape index (κ3) is 6.70. The molecule has 1 rings (SSSR count). The highest BCUT2D eigenvalue weighted by Crippen LogP contribution is 2.09. The summed E-state index contributed by atoms with van der Waals surface area (Å²) in [6.07, 6.45) is 0.451. The van der Waals surface area contributed by atoms with E-state index < -0.39 is 11.6 Å². The van der Waals surface area contributed by atoms with Crippen molar-refractivity contribution in [3.63, 3.8) is 0 Å². The first kappa shape index (κ1) is 18.1. The highest BCUT2D eigenvalue weighted by atomic mass is 127. The van der Waals surface area contributed by atoms with Crippen molar-refractivity contribution < 1.29 is 8.78 Å². The van der Waals surface area contributed by atoms with Gasteiger partial charge >= 0.3 is 0 Å². The van der Waals surface area contributed by atoms with Crippen molar-refractivity contribution in [2.45, 2.75) is 20.3 Å². The van der Waals surface area contributed by atoms with Crippen LogP contribution in [-0.4, -0.2) is 25.6 Å². The van der Waals surface area contributed by atoms with Crippen LogP contribution in [0.2, 0.25) is 0 Å². The Morgan fingerprint density at radius 2 is 1.79 bits per heavy atom. The number of benzene rings is 1. The first-order valence-electron chi connectivity index (χ1n) is 6.13. The van der Waals surface area contributed by atoms with Gasteiger partial charge < -0.3 is 10.6 Å². The molecule has 0 radical (unpaired) electrons. The minimum atomic E-state index is -0.555. The summed E-state index contributed by atoms with van der Waals surface area (Å²) in [5.41, 5.74) is 0.479. The smallest absolute Gasteiger partial charge is 0.191 e. The Kier molecular flexibility index (Phi) is 9.46. The van der Waals surface area contributed by atoms with Gasteiger partial charge in [0.15, 0.2) is 5.96 Å². The number of halogens is 3. The van der Waals surface area contributed by atoms with Crippen LogP contribution in [0.25, 0.3) is 0 Å². The van der Waals surface area contributed by atoms with E-state index in [0.717, 1.165) is 19.2 Å². The Labute approximate surface area is 129 Å². The molecule has 1 aromatic rings. The van der Waals surface area contributed by atoms with E-state index in [9.17, 15) is 8.78 Å². The van der Waals surface area contributed by atoms with Gasteiger partial charge in [-0.05, 0) is 31.9 Å². The molecule has 0 amide bonds. The van der Waals surface area contributed by atoms with E-state index in [0.29, 0.717) is 24.5 Å². The quantitative estimate of drug-likeness (QED) is 0.466. The van der Waals surface area contributed by atoms with Crippen LogP contribution >= 0.6 is 24.0 Å². The van der Waals surface area contributed by atoms with Gasteiger partial charge in [0.2, 0.25) is 0 Å². The molecular formula is C13H20F2IN3. The van der Waals surface area contributed by atoms with E-state index in [2.05, 4.69) is 15.6 Å². The van der Waals surface area contributed by atoms with Crippen molar-refractivity contribution in [2.75, 3.05) is 19.6 Å². The molecule has 1 aromatic carbocycles. The number of nitrogens with zero attached hydrogens (tertiary/aromatic N) is 1. The zero-order chi connectivity index (χ0) is 13.4. The summed E-state index contributed by atoms with van der Waals surface area (Å²) in [7, 11) is 0. The predicted octanol–water partition coefficient (Wildman–Crippen LogP) is 2.70. The van der Waals surface area contributed by atoms with E-state index in [1.165, 1.54) is 12.1 Å². The van der Waals surface area contributed by atoms with Crippen molar-refractivity contribution in [1.29, 1.82) is 0 Å². The van der Waals surface area contributed by atoms with Gasteiger partial charge in [-0.15, -0.1) is 24.0 Å². The summed E-state index contributed by atoms with van der Waals surface area (Å²) in [6.45, 7) is 5.96. The van der Waals surface area contributed by atoms with Crippen molar-refractivity contribution in [3.8, 4) is 0 Å². The Morgan fingerprint density at radius 3 is 2.32 bits per heavy atom. The lowest BCUT2D eigenvalue weighted by molar-refractivity contribution is 0.572. The zero-order valence-corrected chi connectivity index (χ0v) is 13.5. The number of nitrogens with one attached hydrogen (secondary N) is 2. The monoisotopic (exact) mass is 383 g/mol. The van der Waals surface area contributed by atoms with Crippen molar-refractivity contribution in [1.82, 2.24) is 10.6 Å². The van der Waals surface area contributed by atoms with Crippen LogP contribution in [0.3, 0.4) is 0 Å². The number of hydrogen-bond acceptors (Lipinski definition) is 1. The first-order valence-corrected chi connectivity index (χ1v) is 6.13. The Hall–Kier alpha value is -0.920. The Balaban J connectivity index is 0.00000324. The van der Waals surface area contributed by atoms with Gasteiger partial charge in [-0.3, -0.25) is 4.99 Å². The molecule has 6 heteroatoms. The number of rotatable bonds is 5. The normalized spacial score (nSPS) is 9.47. The molecule has 108 valence electrons. The summed E-state index contributed by atoms with van der Waals surface area (Å²) in [5, 5.41) is 6.16. The summed E-state index contributed by atoms with van der Waals surface area (Å²) < 4.78 is 26.1. The topological polar surface area (TPSA) is 36.4 Å². The molecule has 0 aliphatic rings. The average Bonchev–Trinajstić information content (AvgIpc) is 2.32. The molecule has 3 nitrogen and oxygen atoms in total. The minimum absolute atomic E-state index is 0. The van der Waals surface area contributed by atoms with Gasteiger partial charge in [0, 0.05) is 25.7 Å². The molecule has 0 atom stereocenters. The van der Waals surface area contributed by atoms with E-state index in [1.807, 2.05) is 13.8 Å². The fraction of sp³-hybridized carbons (Fsp3) is 0.462. The second-order valence-corrected chi connectivity index (χ2v) is 3.78. The average molecular weight is 383 g/mol. The maximum atomic E-state index is 13.4. The molecule has 0 unspecified atom stereocenters. The molecule has 0 aliphatic heterocycles. The molecule has 0 saturated heterocycles. The largest absolute Gasteiger partial charge is 0.357 e. The van der Waals surface area contributed by atoms with Crippen LogP contribution in [0, 0.1) is 11.6 Å². The lowest BCUT2D eigenvalue weighted by Crippen LogP contribution is -2.37. The Morgan fingerprint density at radius 1 is 1.16 bits per heavy atom. The molecule has 2 N–H and O–H groups in total. The van der Waals surface area contributed by atoms with E-state index in [1.54, 1.807) is 0 Å². The van der Waals surface area contributed by atoms with Gasteiger partial charge in [0.25, 0.3) is 0 Å². The van der Waals surface area contributed by atoms with Crippen molar-refractivity contribution >= 4 is 29.9 Å². The second kappa shape index (κ2) is 9.94. The van der Waals surface area contributed by atoms with Crippen LogP contribution in [0.4, 0.5) is 8.78 Å². The standard InChI is InChI=1S/C13H19F2N3.HI/c1-3-16-13(17-4-2)18-8-7-10-5-6-11(14)9-12(10)15;/h5-6,9H,3-4,7-8H2,1-2H3,(H2,16,17,18);1H. The number of guanidine groups is 1.